The molecule has 0 aromatic heterocycles. The highest BCUT2D eigenvalue weighted by Gasteiger charge is 2.41. The monoisotopic (exact) mass is 384 g/mol. The summed E-state index contributed by atoms with van der Waals surface area (Å²) < 4.78 is 10.9. The predicted molar refractivity (Wildman–Crippen MR) is 108 cm³/mol. The summed E-state index contributed by atoms with van der Waals surface area (Å²) in [5.41, 5.74) is 4.32. The molecule has 0 amide bonds. The molecule has 5 heteroatoms. The molecule has 0 saturated heterocycles. The second kappa shape index (κ2) is 6.89. The Balaban J connectivity index is 1.59. The third-order valence-corrected chi connectivity index (χ3v) is 6.05. The number of Topliss-reactive ketones (excluding diaryl/α,β-unsaturated/α-hetero) is 1. The molecule has 3 aliphatic rings. The third kappa shape index (κ3) is 2.92. The van der Waals surface area contributed by atoms with Crippen molar-refractivity contribution in [3.63, 3.8) is 0 Å². The van der Waals surface area contributed by atoms with Gasteiger partial charge in [-0.3, -0.25) is 9.79 Å². The number of nitrogens with zero attached hydrogens (tertiary/aromatic N) is 2. The second-order valence-corrected chi connectivity index (χ2v) is 7.75. The molecule has 3 unspecified atom stereocenters. The fourth-order valence-electron chi connectivity index (χ4n) is 4.65. The first kappa shape index (κ1) is 17.7. The van der Waals surface area contributed by atoms with Gasteiger partial charge in [-0.05, 0) is 42.5 Å². The molecule has 29 heavy (non-hydrogen) atoms. The first-order chi connectivity index (χ1) is 14.2. The van der Waals surface area contributed by atoms with Gasteiger partial charge in [0.05, 0.1) is 12.0 Å². The zero-order valence-electron chi connectivity index (χ0n) is 16.1. The van der Waals surface area contributed by atoms with Crippen LogP contribution in [0, 0.1) is 17.2 Å². The lowest BCUT2D eigenvalue weighted by atomic mass is 9.69. The lowest BCUT2D eigenvalue weighted by Crippen LogP contribution is -2.32. The summed E-state index contributed by atoms with van der Waals surface area (Å²) in [7, 11) is 0. The van der Waals surface area contributed by atoms with Gasteiger partial charge in [-0.15, -0.1) is 0 Å². The van der Waals surface area contributed by atoms with Crippen molar-refractivity contribution in [1.29, 1.82) is 5.26 Å². The quantitative estimate of drug-likeness (QED) is 0.763. The van der Waals surface area contributed by atoms with Crippen molar-refractivity contribution < 1.29 is 14.3 Å². The zero-order valence-corrected chi connectivity index (χ0v) is 16.1. The van der Waals surface area contributed by atoms with Gasteiger partial charge in [-0.1, -0.05) is 36.4 Å². The van der Waals surface area contributed by atoms with Crippen molar-refractivity contribution in [3.8, 4) is 17.6 Å². The number of nitriles is 1. The Bertz CT molecular complexity index is 1090. The number of rotatable bonds is 2. The van der Waals surface area contributed by atoms with E-state index in [1.807, 2.05) is 43.3 Å². The largest absolute Gasteiger partial charge is 0.454 e. The molecule has 2 heterocycles. The number of hydrogen-bond donors (Lipinski definition) is 0. The van der Waals surface area contributed by atoms with Crippen molar-refractivity contribution >= 4 is 11.5 Å². The van der Waals surface area contributed by atoms with E-state index in [1.54, 1.807) is 0 Å². The molecule has 2 aromatic rings. The van der Waals surface area contributed by atoms with E-state index in [1.165, 1.54) is 0 Å². The fraction of sp³-hybridized carbons (Fsp3) is 0.292. The van der Waals surface area contributed by atoms with E-state index in [9.17, 15) is 10.1 Å². The van der Waals surface area contributed by atoms with E-state index in [-0.39, 0.29) is 24.4 Å². The predicted octanol–water partition coefficient (Wildman–Crippen LogP) is 4.51. The summed E-state index contributed by atoms with van der Waals surface area (Å²) >= 11 is 0. The molecule has 0 saturated carbocycles. The van der Waals surface area contributed by atoms with Gasteiger partial charge in [0, 0.05) is 29.3 Å². The average molecular weight is 384 g/mol. The molecule has 5 nitrogen and oxygen atoms in total. The van der Waals surface area contributed by atoms with Gasteiger partial charge in [-0.2, -0.15) is 5.26 Å². The number of ether oxygens (including phenoxy) is 2. The van der Waals surface area contributed by atoms with Crippen molar-refractivity contribution in [2.75, 3.05) is 6.79 Å². The van der Waals surface area contributed by atoms with E-state index in [2.05, 4.69) is 18.2 Å². The van der Waals surface area contributed by atoms with Crippen LogP contribution in [0.4, 0.5) is 0 Å². The van der Waals surface area contributed by atoms with Gasteiger partial charge in [0.25, 0.3) is 0 Å². The lowest BCUT2D eigenvalue weighted by molar-refractivity contribution is -0.116. The van der Waals surface area contributed by atoms with E-state index in [4.69, 9.17) is 14.5 Å². The molecular weight excluding hydrogens is 364 g/mol. The number of fused-ring (bicyclic) bond motifs is 1. The molecule has 144 valence electrons. The highest BCUT2D eigenvalue weighted by Crippen LogP contribution is 2.47. The standard InChI is InChI=1S/C24H20N2O3/c1-14-18(12-25)23(16-7-8-21-22(11-16)29-13-28-21)24-19(26-14)9-17(10-20(24)27)15-5-3-2-4-6-15/h2-8,11,17-18,23H,9-10,13H2,1H3. The maximum absolute atomic E-state index is 13.3. The smallest absolute Gasteiger partial charge is 0.231 e. The van der Waals surface area contributed by atoms with Crippen LogP contribution in [0.5, 0.6) is 11.5 Å². The Kier molecular flexibility index (Phi) is 4.21. The third-order valence-electron chi connectivity index (χ3n) is 6.05. The topological polar surface area (TPSA) is 71.7 Å². The zero-order chi connectivity index (χ0) is 20.0. The maximum atomic E-state index is 13.3. The van der Waals surface area contributed by atoms with Crippen molar-refractivity contribution in [3.05, 3.63) is 70.9 Å². The maximum Gasteiger partial charge on any atom is 0.231 e. The molecule has 0 radical (unpaired) electrons. The van der Waals surface area contributed by atoms with Crippen LogP contribution in [0.2, 0.25) is 0 Å². The first-order valence-corrected chi connectivity index (χ1v) is 9.81. The summed E-state index contributed by atoms with van der Waals surface area (Å²) in [4.78, 5) is 18.0. The van der Waals surface area contributed by atoms with Crippen LogP contribution in [-0.4, -0.2) is 18.3 Å². The number of hydrogen-bond acceptors (Lipinski definition) is 5. The van der Waals surface area contributed by atoms with Crippen molar-refractivity contribution in [1.82, 2.24) is 0 Å². The summed E-state index contributed by atoms with van der Waals surface area (Å²) in [6, 6.07) is 18.2. The van der Waals surface area contributed by atoms with Crippen molar-refractivity contribution in [2.45, 2.75) is 31.6 Å². The number of carbonyl (C=O) groups is 1. The molecule has 0 bridgehead atoms. The molecule has 2 aromatic carbocycles. The molecule has 0 fully saturated rings. The minimum Gasteiger partial charge on any atom is -0.454 e. The van der Waals surface area contributed by atoms with E-state index in [0.717, 1.165) is 22.5 Å². The molecule has 2 aliphatic heterocycles. The van der Waals surface area contributed by atoms with Gasteiger partial charge in [-0.25, -0.2) is 0 Å². The minimum absolute atomic E-state index is 0.0827. The van der Waals surface area contributed by atoms with Crippen LogP contribution in [-0.2, 0) is 4.79 Å². The van der Waals surface area contributed by atoms with Crippen LogP contribution < -0.4 is 9.47 Å². The van der Waals surface area contributed by atoms with Gasteiger partial charge in [0.1, 0.15) is 0 Å². The summed E-state index contributed by atoms with van der Waals surface area (Å²) in [5, 5.41) is 9.87. The normalized spacial score (nSPS) is 25.3. The Labute approximate surface area is 169 Å². The number of ketones is 1. The van der Waals surface area contributed by atoms with Gasteiger partial charge in [0.15, 0.2) is 17.3 Å². The number of aliphatic imine (C=N–C) groups is 1. The molecule has 0 spiro atoms. The number of allylic oxidation sites excluding steroid dienone is 2. The fourth-order valence-corrected chi connectivity index (χ4v) is 4.65. The number of carbonyl (C=O) groups excluding carboxylic acids is 1. The molecular formula is C24H20N2O3. The van der Waals surface area contributed by atoms with E-state index >= 15 is 0 Å². The molecule has 0 N–H and O–H groups in total. The van der Waals surface area contributed by atoms with Crippen LogP contribution in [0.15, 0.2) is 64.8 Å². The minimum atomic E-state index is -0.466. The second-order valence-electron chi connectivity index (χ2n) is 7.75. The summed E-state index contributed by atoms with van der Waals surface area (Å²) in [5.74, 6) is 0.760. The van der Waals surface area contributed by atoms with E-state index in [0.29, 0.717) is 29.9 Å². The summed E-state index contributed by atoms with van der Waals surface area (Å²) in [6.45, 7) is 2.07. The van der Waals surface area contributed by atoms with E-state index < -0.39 is 5.92 Å². The van der Waals surface area contributed by atoms with Crippen LogP contribution in [0.25, 0.3) is 0 Å². The molecule has 1 aliphatic carbocycles. The molecule has 3 atom stereocenters. The summed E-state index contributed by atoms with van der Waals surface area (Å²) in [6.07, 6.45) is 1.15. The SMILES string of the molecule is CC1=NC2=C(C(=O)CC(c3ccccc3)C2)C(c2ccc3c(c2)OCO3)C1C#N. The Hall–Kier alpha value is -3.39. The lowest BCUT2D eigenvalue weighted by Gasteiger charge is -2.35. The highest BCUT2D eigenvalue weighted by molar-refractivity contribution is 6.03. The Morgan fingerprint density at radius 1 is 1.03 bits per heavy atom. The van der Waals surface area contributed by atoms with Crippen LogP contribution >= 0.6 is 0 Å². The van der Waals surface area contributed by atoms with Crippen LogP contribution in [0.3, 0.4) is 0 Å². The number of benzene rings is 2. The Morgan fingerprint density at radius 2 is 1.83 bits per heavy atom. The van der Waals surface area contributed by atoms with Gasteiger partial charge in [0.2, 0.25) is 6.79 Å². The van der Waals surface area contributed by atoms with Gasteiger partial charge >= 0.3 is 0 Å². The van der Waals surface area contributed by atoms with Crippen LogP contribution in [0.1, 0.15) is 42.7 Å². The average Bonchev–Trinajstić information content (AvgIpc) is 3.21. The Morgan fingerprint density at radius 3 is 2.62 bits per heavy atom. The van der Waals surface area contributed by atoms with Crippen molar-refractivity contribution in [2.24, 2.45) is 10.9 Å². The van der Waals surface area contributed by atoms with Gasteiger partial charge < -0.3 is 9.47 Å². The highest BCUT2D eigenvalue weighted by atomic mass is 16.7. The first-order valence-electron chi connectivity index (χ1n) is 9.81. The molecule has 5 rings (SSSR count).